The van der Waals surface area contributed by atoms with E-state index in [0.717, 1.165) is 16.4 Å². The zero-order valence-corrected chi connectivity index (χ0v) is 13.1. The summed E-state index contributed by atoms with van der Waals surface area (Å²) in [5.74, 6) is 1.53. The molecule has 106 valence electrons. The zero-order valence-electron chi connectivity index (χ0n) is 11.5. The summed E-state index contributed by atoms with van der Waals surface area (Å²) in [5, 5.41) is 5.59. The van der Waals surface area contributed by atoms with Crippen molar-refractivity contribution in [2.24, 2.45) is 7.05 Å². The van der Waals surface area contributed by atoms with Crippen molar-refractivity contribution < 1.29 is 0 Å². The summed E-state index contributed by atoms with van der Waals surface area (Å²) < 4.78 is 4.47. The molecule has 0 saturated heterocycles. The fourth-order valence-corrected chi connectivity index (χ4v) is 2.99. The molecule has 0 aliphatic rings. The molecule has 0 aliphatic carbocycles. The van der Waals surface area contributed by atoms with E-state index in [1.54, 1.807) is 18.0 Å². The summed E-state index contributed by atoms with van der Waals surface area (Å²) in [6, 6.07) is 15.9. The van der Waals surface area contributed by atoms with Crippen LogP contribution < -0.4 is 0 Å². The SMILES string of the molecule is Cn1c(-c2ccccc2)nn(CSc2ccccn2)c1=S. The van der Waals surface area contributed by atoms with Crippen LogP contribution in [0.25, 0.3) is 11.4 Å². The molecule has 6 heteroatoms. The van der Waals surface area contributed by atoms with Crippen molar-refractivity contribution in [3.05, 3.63) is 59.5 Å². The largest absolute Gasteiger partial charge is 0.303 e. The predicted molar refractivity (Wildman–Crippen MR) is 87.6 cm³/mol. The number of hydrogen-bond donors (Lipinski definition) is 0. The molecule has 21 heavy (non-hydrogen) atoms. The molecule has 0 saturated carbocycles. The lowest BCUT2D eigenvalue weighted by molar-refractivity contribution is 0.725. The smallest absolute Gasteiger partial charge is 0.198 e. The second-order valence-electron chi connectivity index (χ2n) is 4.47. The highest BCUT2D eigenvalue weighted by Gasteiger charge is 2.09. The van der Waals surface area contributed by atoms with Gasteiger partial charge in [0.25, 0.3) is 0 Å². The van der Waals surface area contributed by atoms with E-state index in [4.69, 9.17) is 12.2 Å². The molecule has 0 N–H and O–H groups in total. The molecule has 1 aromatic carbocycles. The zero-order chi connectivity index (χ0) is 14.7. The highest BCUT2D eigenvalue weighted by atomic mass is 32.2. The topological polar surface area (TPSA) is 35.6 Å². The van der Waals surface area contributed by atoms with Crippen LogP contribution in [0.1, 0.15) is 0 Å². The maximum absolute atomic E-state index is 5.46. The van der Waals surface area contributed by atoms with Crippen molar-refractivity contribution in [2.75, 3.05) is 0 Å². The van der Waals surface area contributed by atoms with Crippen molar-refractivity contribution in [2.45, 2.75) is 10.9 Å². The van der Waals surface area contributed by atoms with Gasteiger partial charge in [-0.3, -0.25) is 0 Å². The Balaban J connectivity index is 1.86. The molecule has 3 rings (SSSR count). The van der Waals surface area contributed by atoms with Gasteiger partial charge in [0, 0.05) is 18.8 Å². The van der Waals surface area contributed by atoms with Gasteiger partial charge in [0.15, 0.2) is 10.6 Å². The molecule has 3 aromatic rings. The maximum atomic E-state index is 5.46. The van der Waals surface area contributed by atoms with Crippen LogP contribution in [0.4, 0.5) is 0 Å². The van der Waals surface area contributed by atoms with Gasteiger partial charge in [-0.15, -0.1) is 0 Å². The molecule has 0 spiro atoms. The van der Waals surface area contributed by atoms with E-state index in [9.17, 15) is 0 Å². The summed E-state index contributed by atoms with van der Waals surface area (Å²) in [6.45, 7) is 0. The highest BCUT2D eigenvalue weighted by molar-refractivity contribution is 7.98. The fraction of sp³-hybridized carbons (Fsp3) is 0.133. The molecule has 2 heterocycles. The van der Waals surface area contributed by atoms with Gasteiger partial charge in [-0.25, -0.2) is 9.67 Å². The van der Waals surface area contributed by atoms with E-state index in [2.05, 4.69) is 10.1 Å². The Morgan fingerprint density at radius 1 is 1.10 bits per heavy atom. The number of pyridine rings is 1. The van der Waals surface area contributed by atoms with Crippen LogP contribution in [-0.2, 0) is 12.9 Å². The van der Waals surface area contributed by atoms with E-state index in [0.29, 0.717) is 10.6 Å². The molecule has 4 nitrogen and oxygen atoms in total. The molecular weight excluding hydrogens is 300 g/mol. The molecule has 0 amide bonds. The Hall–Kier alpha value is -1.92. The first-order valence-corrected chi connectivity index (χ1v) is 7.88. The Bertz CT molecular complexity index is 778. The normalized spacial score (nSPS) is 10.7. The van der Waals surface area contributed by atoms with Crippen molar-refractivity contribution in [3.8, 4) is 11.4 Å². The van der Waals surface area contributed by atoms with Crippen molar-refractivity contribution in [1.82, 2.24) is 19.3 Å². The monoisotopic (exact) mass is 314 g/mol. The molecule has 0 aliphatic heterocycles. The molecule has 0 bridgehead atoms. The molecule has 2 aromatic heterocycles. The van der Waals surface area contributed by atoms with Gasteiger partial charge in [-0.05, 0) is 24.4 Å². The van der Waals surface area contributed by atoms with Crippen molar-refractivity contribution in [3.63, 3.8) is 0 Å². The minimum absolute atomic E-state index is 0.649. The molecule has 0 fully saturated rings. The van der Waals surface area contributed by atoms with Crippen LogP contribution in [0.5, 0.6) is 0 Å². The van der Waals surface area contributed by atoms with Gasteiger partial charge in [0.05, 0.1) is 10.9 Å². The summed E-state index contributed by atoms with van der Waals surface area (Å²) in [4.78, 5) is 4.29. The van der Waals surface area contributed by atoms with E-state index >= 15 is 0 Å². The Labute approximate surface area is 132 Å². The van der Waals surface area contributed by atoms with Crippen LogP contribution in [0.2, 0.25) is 0 Å². The van der Waals surface area contributed by atoms with E-state index in [1.807, 2.05) is 64.8 Å². The lowest BCUT2D eigenvalue weighted by atomic mass is 10.2. The Kier molecular flexibility index (Phi) is 4.17. The first kappa shape index (κ1) is 14.0. The second-order valence-corrected chi connectivity index (χ2v) is 5.80. The first-order chi connectivity index (χ1) is 10.3. The number of nitrogens with zero attached hydrogens (tertiary/aromatic N) is 4. The number of benzene rings is 1. The van der Waals surface area contributed by atoms with Crippen LogP contribution >= 0.6 is 24.0 Å². The van der Waals surface area contributed by atoms with Gasteiger partial charge in [-0.1, -0.05) is 48.2 Å². The van der Waals surface area contributed by atoms with Crippen molar-refractivity contribution >= 4 is 24.0 Å². The third kappa shape index (κ3) is 3.06. The quantitative estimate of drug-likeness (QED) is 0.542. The number of rotatable bonds is 4. The minimum atomic E-state index is 0.649. The first-order valence-electron chi connectivity index (χ1n) is 6.49. The van der Waals surface area contributed by atoms with Crippen LogP contribution in [0.15, 0.2) is 59.8 Å². The van der Waals surface area contributed by atoms with Gasteiger partial charge < -0.3 is 4.57 Å². The Morgan fingerprint density at radius 2 is 1.86 bits per heavy atom. The summed E-state index contributed by atoms with van der Waals surface area (Å²) in [7, 11) is 1.94. The predicted octanol–water partition coefficient (Wildman–Crippen LogP) is 3.76. The third-order valence-corrected chi connectivity index (χ3v) is 4.44. The standard InChI is InChI=1S/C15H14N4S2/c1-18-14(12-7-3-2-4-8-12)17-19(15(18)20)11-21-13-9-5-6-10-16-13/h2-10H,11H2,1H3. The summed E-state index contributed by atoms with van der Waals surface area (Å²) in [5.41, 5.74) is 1.06. The average molecular weight is 314 g/mol. The van der Waals surface area contributed by atoms with Crippen LogP contribution in [0, 0.1) is 4.77 Å². The van der Waals surface area contributed by atoms with E-state index < -0.39 is 0 Å². The number of hydrogen-bond acceptors (Lipinski definition) is 4. The molecular formula is C15H14N4S2. The lowest BCUT2D eigenvalue weighted by Crippen LogP contribution is -1.98. The van der Waals surface area contributed by atoms with Crippen LogP contribution in [0.3, 0.4) is 0 Å². The van der Waals surface area contributed by atoms with Crippen LogP contribution in [-0.4, -0.2) is 19.3 Å². The van der Waals surface area contributed by atoms with E-state index in [-0.39, 0.29) is 0 Å². The average Bonchev–Trinajstić information content (AvgIpc) is 2.83. The highest BCUT2D eigenvalue weighted by Crippen LogP contribution is 2.20. The van der Waals surface area contributed by atoms with Crippen molar-refractivity contribution in [1.29, 1.82) is 0 Å². The van der Waals surface area contributed by atoms with Gasteiger partial charge >= 0.3 is 0 Å². The maximum Gasteiger partial charge on any atom is 0.198 e. The van der Waals surface area contributed by atoms with Gasteiger partial charge in [0.1, 0.15) is 0 Å². The molecule has 0 atom stereocenters. The number of aromatic nitrogens is 4. The fourth-order valence-electron chi connectivity index (χ4n) is 1.97. The van der Waals surface area contributed by atoms with Gasteiger partial charge in [-0.2, -0.15) is 5.10 Å². The summed E-state index contributed by atoms with van der Waals surface area (Å²) >= 11 is 7.07. The molecule has 0 radical (unpaired) electrons. The summed E-state index contributed by atoms with van der Waals surface area (Å²) in [6.07, 6.45) is 1.79. The van der Waals surface area contributed by atoms with Gasteiger partial charge in [0.2, 0.25) is 0 Å². The minimum Gasteiger partial charge on any atom is -0.303 e. The Morgan fingerprint density at radius 3 is 2.57 bits per heavy atom. The third-order valence-electron chi connectivity index (χ3n) is 3.05. The lowest BCUT2D eigenvalue weighted by Gasteiger charge is -2.00. The second kappa shape index (κ2) is 6.24. The van der Waals surface area contributed by atoms with E-state index in [1.165, 1.54) is 0 Å². The number of thioether (sulfide) groups is 1. The molecule has 0 unspecified atom stereocenters.